The van der Waals surface area contributed by atoms with Crippen molar-refractivity contribution in [3.05, 3.63) is 35.1 Å². The summed E-state index contributed by atoms with van der Waals surface area (Å²) in [6, 6.07) is 8.21. The summed E-state index contributed by atoms with van der Waals surface area (Å²) in [6.07, 6.45) is 8.20. The molecule has 0 radical (unpaired) electrons. The minimum atomic E-state index is -0.194. The van der Waals surface area contributed by atoms with Crippen LogP contribution in [0.2, 0.25) is 5.02 Å². The van der Waals surface area contributed by atoms with E-state index in [1.807, 2.05) is 31.2 Å². The van der Waals surface area contributed by atoms with Gasteiger partial charge in [0.1, 0.15) is 12.4 Å². The third-order valence-corrected chi connectivity index (χ3v) is 7.47. The lowest BCUT2D eigenvalue weighted by Gasteiger charge is -2.35. The van der Waals surface area contributed by atoms with E-state index >= 15 is 0 Å². The maximum Gasteiger partial charge on any atom is 0.236 e. The Morgan fingerprint density at radius 1 is 1.23 bits per heavy atom. The van der Waals surface area contributed by atoms with E-state index < -0.39 is 0 Å². The van der Waals surface area contributed by atoms with Crippen LogP contribution in [0, 0.1) is 0 Å². The average Bonchev–Trinajstić information content (AvgIpc) is 3.55. The van der Waals surface area contributed by atoms with E-state index in [2.05, 4.69) is 26.6 Å². The molecule has 0 aliphatic heterocycles. The molecular formula is C23H31ClN4O2S. The van der Waals surface area contributed by atoms with Gasteiger partial charge in [0, 0.05) is 18.6 Å². The van der Waals surface area contributed by atoms with Crippen molar-refractivity contribution in [2.45, 2.75) is 87.9 Å². The van der Waals surface area contributed by atoms with Crippen LogP contribution in [0.3, 0.4) is 0 Å². The average molecular weight is 463 g/mol. The number of halogens is 1. The number of amides is 1. The van der Waals surface area contributed by atoms with Gasteiger partial charge in [-0.2, -0.15) is 0 Å². The zero-order valence-electron chi connectivity index (χ0n) is 18.3. The van der Waals surface area contributed by atoms with Crippen molar-refractivity contribution in [2.75, 3.05) is 6.54 Å². The SMILES string of the molecule is CCN(C(=O)C(C)Sc1nnc(COc2ccccc2Cl)n1C1CC1)C1CCCCC1. The summed E-state index contributed by atoms with van der Waals surface area (Å²) in [5.41, 5.74) is 0. The van der Waals surface area contributed by atoms with Crippen molar-refractivity contribution < 1.29 is 9.53 Å². The lowest BCUT2D eigenvalue weighted by Crippen LogP contribution is -2.44. The van der Waals surface area contributed by atoms with Crippen LogP contribution in [-0.2, 0) is 11.4 Å². The monoisotopic (exact) mass is 462 g/mol. The summed E-state index contributed by atoms with van der Waals surface area (Å²) < 4.78 is 8.06. The topological polar surface area (TPSA) is 60.3 Å². The van der Waals surface area contributed by atoms with Gasteiger partial charge in [0.2, 0.25) is 5.91 Å². The highest BCUT2D eigenvalue weighted by atomic mass is 35.5. The number of para-hydroxylation sites is 1. The fourth-order valence-electron chi connectivity index (χ4n) is 4.32. The zero-order valence-corrected chi connectivity index (χ0v) is 19.9. The lowest BCUT2D eigenvalue weighted by molar-refractivity contribution is -0.133. The van der Waals surface area contributed by atoms with Gasteiger partial charge < -0.3 is 9.64 Å². The first kappa shape index (κ1) is 22.5. The normalized spacial score (nSPS) is 18.0. The van der Waals surface area contributed by atoms with Gasteiger partial charge in [0.25, 0.3) is 0 Å². The highest BCUT2D eigenvalue weighted by molar-refractivity contribution is 8.00. The first-order chi connectivity index (χ1) is 15.1. The Kier molecular flexibility index (Phi) is 7.43. The summed E-state index contributed by atoms with van der Waals surface area (Å²) in [5.74, 6) is 1.63. The molecule has 0 N–H and O–H groups in total. The largest absolute Gasteiger partial charge is 0.484 e. The molecule has 2 aromatic rings. The Balaban J connectivity index is 1.44. The van der Waals surface area contributed by atoms with Crippen molar-refractivity contribution in [3.63, 3.8) is 0 Å². The van der Waals surface area contributed by atoms with Gasteiger partial charge in [-0.1, -0.05) is 54.8 Å². The van der Waals surface area contributed by atoms with Crippen LogP contribution in [-0.4, -0.2) is 43.4 Å². The molecule has 8 heteroatoms. The van der Waals surface area contributed by atoms with E-state index in [4.69, 9.17) is 16.3 Å². The number of nitrogens with zero attached hydrogens (tertiary/aromatic N) is 4. The van der Waals surface area contributed by atoms with Gasteiger partial charge in [0.15, 0.2) is 11.0 Å². The van der Waals surface area contributed by atoms with Crippen molar-refractivity contribution in [1.29, 1.82) is 0 Å². The van der Waals surface area contributed by atoms with Crippen LogP contribution in [0.25, 0.3) is 0 Å². The van der Waals surface area contributed by atoms with E-state index in [1.54, 1.807) is 0 Å². The van der Waals surface area contributed by atoms with Gasteiger partial charge in [0.05, 0.1) is 10.3 Å². The van der Waals surface area contributed by atoms with Crippen molar-refractivity contribution in [1.82, 2.24) is 19.7 Å². The molecule has 2 aliphatic carbocycles. The molecule has 0 bridgehead atoms. The van der Waals surface area contributed by atoms with E-state index in [1.165, 1.54) is 31.0 Å². The second-order valence-electron chi connectivity index (χ2n) is 8.40. The fraction of sp³-hybridized carbons (Fsp3) is 0.609. The molecule has 4 rings (SSSR count). The molecule has 31 heavy (non-hydrogen) atoms. The molecule has 6 nitrogen and oxygen atoms in total. The van der Waals surface area contributed by atoms with Crippen LogP contribution >= 0.6 is 23.4 Å². The second kappa shape index (κ2) is 10.3. The van der Waals surface area contributed by atoms with Gasteiger partial charge in [-0.25, -0.2) is 0 Å². The van der Waals surface area contributed by atoms with Crippen LogP contribution < -0.4 is 4.74 Å². The molecule has 1 unspecified atom stereocenters. The summed E-state index contributed by atoms with van der Waals surface area (Å²) >= 11 is 7.72. The van der Waals surface area contributed by atoms with Crippen molar-refractivity contribution >= 4 is 29.3 Å². The molecule has 2 saturated carbocycles. The lowest BCUT2D eigenvalue weighted by atomic mass is 9.94. The maximum atomic E-state index is 13.2. The van der Waals surface area contributed by atoms with Gasteiger partial charge in [-0.05, 0) is 51.7 Å². The van der Waals surface area contributed by atoms with Gasteiger partial charge >= 0.3 is 0 Å². The molecule has 168 valence electrons. The van der Waals surface area contributed by atoms with E-state index in [-0.39, 0.29) is 11.2 Å². The Morgan fingerprint density at radius 3 is 2.65 bits per heavy atom. The third kappa shape index (κ3) is 5.37. The summed E-state index contributed by atoms with van der Waals surface area (Å²) in [7, 11) is 0. The minimum absolute atomic E-state index is 0.194. The number of ether oxygens (including phenoxy) is 1. The second-order valence-corrected chi connectivity index (χ2v) is 10.1. The molecule has 0 saturated heterocycles. The Labute approximate surface area is 193 Å². The van der Waals surface area contributed by atoms with Gasteiger partial charge in [-0.15, -0.1) is 10.2 Å². The molecule has 1 amide bonds. The predicted molar refractivity (Wildman–Crippen MR) is 124 cm³/mol. The van der Waals surface area contributed by atoms with E-state index in [0.717, 1.165) is 43.2 Å². The van der Waals surface area contributed by atoms with E-state index in [0.29, 0.717) is 29.5 Å². The molecule has 2 fully saturated rings. The summed E-state index contributed by atoms with van der Waals surface area (Å²) in [4.78, 5) is 15.3. The summed E-state index contributed by atoms with van der Waals surface area (Å²) in [5, 5.41) is 10.0. The Morgan fingerprint density at radius 2 is 1.97 bits per heavy atom. The van der Waals surface area contributed by atoms with Crippen LogP contribution in [0.15, 0.2) is 29.4 Å². The number of benzene rings is 1. The standard InChI is InChI=1S/C23H31ClN4O2S/c1-3-27(17-9-5-4-6-10-17)22(29)16(2)31-23-26-25-21(28(23)18-13-14-18)15-30-20-12-8-7-11-19(20)24/h7-8,11-12,16-18H,3-6,9-10,13-15H2,1-2H3. The number of thioether (sulfide) groups is 1. The van der Waals surface area contributed by atoms with Crippen LogP contribution in [0.1, 0.15) is 70.7 Å². The zero-order chi connectivity index (χ0) is 21.8. The number of rotatable bonds is 9. The van der Waals surface area contributed by atoms with Crippen LogP contribution in [0.5, 0.6) is 5.75 Å². The highest BCUT2D eigenvalue weighted by Gasteiger charge is 2.33. The molecule has 1 aromatic heterocycles. The smallest absolute Gasteiger partial charge is 0.236 e. The molecule has 0 spiro atoms. The summed E-state index contributed by atoms with van der Waals surface area (Å²) in [6.45, 7) is 5.14. The molecule has 2 aliphatic rings. The molecule has 1 atom stereocenters. The molecule has 1 aromatic carbocycles. The first-order valence-electron chi connectivity index (χ1n) is 11.4. The first-order valence-corrected chi connectivity index (χ1v) is 12.6. The Hall–Kier alpha value is -1.73. The molecule has 1 heterocycles. The highest BCUT2D eigenvalue weighted by Crippen LogP contribution is 2.40. The van der Waals surface area contributed by atoms with Crippen molar-refractivity contribution in [3.8, 4) is 5.75 Å². The quantitative estimate of drug-likeness (QED) is 0.460. The predicted octanol–water partition coefficient (Wildman–Crippen LogP) is 5.51. The number of carbonyl (C=O) groups excluding carboxylic acids is 1. The van der Waals surface area contributed by atoms with E-state index in [9.17, 15) is 4.79 Å². The maximum absolute atomic E-state index is 13.2. The number of carbonyl (C=O) groups is 1. The van der Waals surface area contributed by atoms with Crippen LogP contribution in [0.4, 0.5) is 0 Å². The number of hydrogen-bond donors (Lipinski definition) is 0. The number of aromatic nitrogens is 3. The van der Waals surface area contributed by atoms with Gasteiger partial charge in [-0.3, -0.25) is 9.36 Å². The number of hydrogen-bond acceptors (Lipinski definition) is 5. The van der Waals surface area contributed by atoms with Crippen molar-refractivity contribution in [2.24, 2.45) is 0 Å². The molecular weight excluding hydrogens is 432 g/mol. The minimum Gasteiger partial charge on any atom is -0.484 e. The Bertz CT molecular complexity index is 895. The fourth-order valence-corrected chi connectivity index (χ4v) is 5.52. The third-order valence-electron chi connectivity index (χ3n) is 6.11.